The Morgan fingerprint density at radius 3 is 1.11 bits per heavy atom. The average molecular weight is 679 g/mol. The molecule has 0 spiro atoms. The summed E-state index contributed by atoms with van der Waals surface area (Å²) in [7, 11) is 0. The third-order valence-corrected chi connectivity index (χ3v) is 10.6. The van der Waals surface area contributed by atoms with E-state index in [1.54, 1.807) is 18.6 Å². The molecule has 0 unspecified atom stereocenters. The molecule has 6 rings (SSSR count). The van der Waals surface area contributed by atoms with E-state index in [2.05, 4.69) is 15.0 Å². The summed E-state index contributed by atoms with van der Waals surface area (Å²) in [5, 5.41) is 2.73. The molecule has 0 saturated heterocycles. The van der Waals surface area contributed by atoms with Crippen LogP contribution in [-0.4, -0.2) is 68.3 Å². The van der Waals surface area contributed by atoms with Crippen molar-refractivity contribution in [3.8, 4) is 0 Å². The van der Waals surface area contributed by atoms with Gasteiger partial charge in [0.15, 0.2) is 0 Å². The van der Waals surface area contributed by atoms with Gasteiger partial charge in [0.2, 0.25) is 0 Å². The summed E-state index contributed by atoms with van der Waals surface area (Å²) in [6, 6.07) is 19.4. The second-order valence-corrected chi connectivity index (χ2v) is 13.8. The van der Waals surface area contributed by atoms with E-state index in [9.17, 15) is 14.4 Å². The van der Waals surface area contributed by atoms with E-state index < -0.39 is 53.3 Å². The summed E-state index contributed by atoms with van der Waals surface area (Å²) in [5.41, 5.74) is 23.8. The zero-order valence-corrected chi connectivity index (χ0v) is 27.2. The van der Waals surface area contributed by atoms with E-state index in [0.717, 1.165) is 49.4 Å². The van der Waals surface area contributed by atoms with Gasteiger partial charge in [-0.1, -0.05) is 0 Å². The molecule has 3 aromatic heterocycles. The maximum atomic E-state index is 13.2. The van der Waals surface area contributed by atoms with Gasteiger partial charge in [-0.15, -0.1) is 0 Å². The van der Waals surface area contributed by atoms with Crippen LogP contribution >= 0.6 is 0 Å². The number of aromatic nitrogens is 3. The summed E-state index contributed by atoms with van der Waals surface area (Å²) < 4.78 is 16.6. The van der Waals surface area contributed by atoms with Gasteiger partial charge < -0.3 is 0 Å². The number of aromatic amines is 3. The monoisotopic (exact) mass is 678 g/mol. The maximum absolute atomic E-state index is 13.2. The van der Waals surface area contributed by atoms with Crippen molar-refractivity contribution in [2.75, 3.05) is 0 Å². The van der Waals surface area contributed by atoms with E-state index in [1.165, 1.54) is 0 Å². The molecule has 3 heterocycles. The van der Waals surface area contributed by atoms with Crippen LogP contribution in [0.15, 0.2) is 91.4 Å². The van der Waals surface area contributed by atoms with E-state index >= 15 is 0 Å². The first kappa shape index (κ1) is 31.2. The Hall–Kier alpha value is -4.79. The van der Waals surface area contributed by atoms with Gasteiger partial charge in [-0.25, -0.2) is 0 Å². The predicted molar refractivity (Wildman–Crippen MR) is 174 cm³/mol. The van der Waals surface area contributed by atoms with Gasteiger partial charge in [-0.3, -0.25) is 0 Å². The van der Waals surface area contributed by atoms with Gasteiger partial charge in [0.05, 0.1) is 0 Å². The van der Waals surface area contributed by atoms with Crippen molar-refractivity contribution in [2.24, 2.45) is 17.2 Å². The average Bonchev–Trinajstić information content (AvgIpc) is 3.78. The van der Waals surface area contributed by atoms with Crippen LogP contribution in [0.2, 0.25) is 0 Å². The standard InChI is InChI=1S/3C11H12N2O2.Ga/c3*12-9(11(14)15)5-7-6-13-10-4-2-1-3-8(7)10;/h3*1-4,6,9,13H,5,12H2,(H,14,15);/q;;;+3/p-3/t3*9-;/m000./s1. The molecular weight excluding hydrogens is 646 g/mol. The molecule has 0 saturated carbocycles. The Bertz CT molecular complexity index is 1790. The molecule has 0 aliphatic rings. The fraction of sp³-hybridized carbons (Fsp3) is 0.182. The first-order valence-electron chi connectivity index (χ1n) is 14.8. The molecule has 0 bridgehead atoms. The van der Waals surface area contributed by atoms with Crippen LogP contribution < -0.4 is 17.2 Å². The van der Waals surface area contributed by atoms with Crippen LogP contribution in [0.3, 0.4) is 0 Å². The Kier molecular flexibility index (Phi) is 9.28. The summed E-state index contributed by atoms with van der Waals surface area (Å²) in [4.78, 5) is 48.9. The van der Waals surface area contributed by atoms with Gasteiger partial charge in [0, 0.05) is 0 Å². The first-order chi connectivity index (χ1) is 22.3. The zero-order chi connectivity index (χ0) is 32.2. The number of H-pyrrole nitrogens is 3. The van der Waals surface area contributed by atoms with Crippen LogP contribution in [0.4, 0.5) is 0 Å². The summed E-state index contributed by atoms with van der Waals surface area (Å²) >= 11 is -4.43. The number of nitrogens with one attached hydrogen (secondary N) is 3. The minimum atomic E-state index is -4.43. The summed E-state index contributed by atoms with van der Waals surface area (Å²) in [6.45, 7) is 0. The Morgan fingerprint density at radius 1 is 0.522 bits per heavy atom. The van der Waals surface area contributed by atoms with E-state index in [4.69, 9.17) is 27.8 Å². The van der Waals surface area contributed by atoms with Crippen LogP contribution in [-0.2, 0) is 44.2 Å². The molecule has 12 nitrogen and oxygen atoms in total. The molecule has 234 valence electrons. The van der Waals surface area contributed by atoms with Crippen molar-refractivity contribution >= 4 is 67.9 Å². The molecule has 6 aromatic rings. The number of para-hydroxylation sites is 3. The fourth-order valence-corrected chi connectivity index (χ4v) is 8.08. The molecule has 46 heavy (non-hydrogen) atoms. The van der Waals surface area contributed by atoms with Crippen molar-refractivity contribution in [1.82, 2.24) is 15.0 Å². The second kappa shape index (κ2) is 13.7. The molecule has 0 aliphatic carbocycles. The van der Waals surface area contributed by atoms with Crippen LogP contribution in [0.5, 0.6) is 0 Å². The molecule has 0 radical (unpaired) electrons. The van der Waals surface area contributed by atoms with E-state index in [-0.39, 0.29) is 19.3 Å². The molecule has 3 aromatic carbocycles. The number of nitrogens with two attached hydrogens (primary N) is 3. The topological polar surface area (TPSA) is 204 Å². The SMILES string of the molecule is N[C@@H](Cc1c[nH]c2ccccc12)C(=O)[O][Ga]([O]C(=O)[C@@H](N)Cc1c[nH]c2ccccc12)[O]C(=O)[C@@H](N)Cc1c[nH]c2ccccc12. The number of rotatable bonds is 12. The minimum absolute atomic E-state index is 0.139. The Morgan fingerprint density at radius 2 is 0.804 bits per heavy atom. The van der Waals surface area contributed by atoms with Gasteiger partial charge in [0.1, 0.15) is 0 Å². The number of hydrogen-bond donors (Lipinski definition) is 6. The van der Waals surface area contributed by atoms with Crippen molar-refractivity contribution < 1.29 is 25.0 Å². The molecule has 9 N–H and O–H groups in total. The quantitative estimate of drug-likeness (QED) is 0.105. The third kappa shape index (κ3) is 6.88. The molecule has 13 heteroatoms. The third-order valence-electron chi connectivity index (χ3n) is 7.89. The number of carbonyl (C=O) groups excluding carboxylic acids is 3. The normalized spacial score (nSPS) is 13.4. The zero-order valence-electron chi connectivity index (χ0n) is 24.8. The predicted octanol–water partition coefficient (Wildman–Crippen LogP) is 2.75. The van der Waals surface area contributed by atoms with Gasteiger partial charge in [0.25, 0.3) is 0 Å². The van der Waals surface area contributed by atoms with Crippen LogP contribution in [0.1, 0.15) is 16.7 Å². The van der Waals surface area contributed by atoms with Crippen LogP contribution in [0.25, 0.3) is 32.7 Å². The van der Waals surface area contributed by atoms with Crippen molar-refractivity contribution in [3.05, 3.63) is 108 Å². The first-order valence-corrected chi connectivity index (χ1v) is 17.8. The molecule has 0 fully saturated rings. The number of benzene rings is 3. The van der Waals surface area contributed by atoms with Crippen molar-refractivity contribution in [2.45, 2.75) is 37.4 Å². The molecule has 0 aliphatic heterocycles. The van der Waals surface area contributed by atoms with Crippen molar-refractivity contribution in [1.29, 1.82) is 0 Å². The van der Waals surface area contributed by atoms with Crippen molar-refractivity contribution in [3.63, 3.8) is 0 Å². The van der Waals surface area contributed by atoms with Crippen LogP contribution in [0, 0.1) is 0 Å². The van der Waals surface area contributed by atoms with E-state index in [1.807, 2.05) is 72.8 Å². The van der Waals surface area contributed by atoms with E-state index in [0.29, 0.717) is 0 Å². The molecule has 3 atom stereocenters. The fourth-order valence-electron chi connectivity index (χ4n) is 5.48. The molecule has 0 amide bonds. The number of carbonyl (C=O) groups is 3. The summed E-state index contributed by atoms with van der Waals surface area (Å²) in [6.07, 6.45) is 5.72. The Labute approximate surface area is 269 Å². The Balaban J connectivity index is 1.15. The van der Waals surface area contributed by atoms with Gasteiger partial charge in [-0.2, -0.15) is 0 Å². The van der Waals surface area contributed by atoms with Gasteiger partial charge >= 0.3 is 271 Å². The number of hydrogen-bond acceptors (Lipinski definition) is 9. The molecular formula is C33H33GaN6O6. The second-order valence-electron chi connectivity index (χ2n) is 11.1. The summed E-state index contributed by atoms with van der Waals surface area (Å²) in [5.74, 6) is -2.61. The number of fused-ring (bicyclic) bond motifs is 3. The van der Waals surface area contributed by atoms with Gasteiger partial charge in [-0.05, 0) is 0 Å².